The number of aliphatic hydroxyl groups excluding tert-OH is 1. The Labute approximate surface area is 112 Å². The summed E-state index contributed by atoms with van der Waals surface area (Å²) < 4.78 is 0. The third-order valence-electron chi connectivity index (χ3n) is 2.82. The predicted octanol–water partition coefficient (Wildman–Crippen LogP) is 3.28. The fourth-order valence-electron chi connectivity index (χ4n) is 1.90. The molecule has 3 nitrogen and oxygen atoms in total. The zero-order chi connectivity index (χ0) is 13.4. The van der Waals surface area contributed by atoms with Gasteiger partial charge in [0.25, 0.3) is 0 Å². The Bertz CT molecular complexity index is 373. The lowest BCUT2D eigenvalue weighted by Gasteiger charge is -2.14. The number of benzene rings is 1. The summed E-state index contributed by atoms with van der Waals surface area (Å²) in [5.41, 5.74) is 0.727. The minimum Gasteiger partial charge on any atom is -0.481 e. The lowest BCUT2D eigenvalue weighted by molar-refractivity contribution is -0.136. The van der Waals surface area contributed by atoms with Crippen LogP contribution in [0.1, 0.15) is 37.7 Å². The first-order valence-corrected chi connectivity index (χ1v) is 6.60. The summed E-state index contributed by atoms with van der Waals surface area (Å²) in [5.74, 6) is -0.840. The molecule has 0 aromatic heterocycles. The molecular weight excluding hydrogens is 252 g/mol. The highest BCUT2D eigenvalue weighted by atomic mass is 35.5. The van der Waals surface area contributed by atoms with E-state index in [4.69, 9.17) is 21.8 Å². The van der Waals surface area contributed by atoms with Crippen LogP contribution >= 0.6 is 11.6 Å². The van der Waals surface area contributed by atoms with Gasteiger partial charge in [-0.25, -0.2) is 0 Å². The molecule has 1 aromatic rings. The SMILES string of the molecule is O=C(O)Cc1cccc(Cl)c1.OC1CCCCC1. The lowest BCUT2D eigenvalue weighted by Crippen LogP contribution is -2.09. The van der Waals surface area contributed by atoms with Crippen molar-refractivity contribution in [1.82, 2.24) is 0 Å². The van der Waals surface area contributed by atoms with Crippen LogP contribution in [0.25, 0.3) is 0 Å². The average molecular weight is 271 g/mol. The van der Waals surface area contributed by atoms with Crippen molar-refractivity contribution in [1.29, 1.82) is 0 Å². The van der Waals surface area contributed by atoms with Crippen LogP contribution in [0, 0.1) is 0 Å². The van der Waals surface area contributed by atoms with Crippen molar-refractivity contribution in [3.8, 4) is 0 Å². The van der Waals surface area contributed by atoms with E-state index in [1.54, 1.807) is 24.3 Å². The van der Waals surface area contributed by atoms with Gasteiger partial charge in [-0.1, -0.05) is 43.0 Å². The molecule has 1 saturated carbocycles. The standard InChI is InChI=1S/C8H7ClO2.C6H12O/c9-7-3-1-2-6(4-7)5-8(10)11;7-6-4-2-1-3-5-6/h1-4H,5H2,(H,10,11);6-7H,1-5H2. The molecule has 0 unspecified atom stereocenters. The number of halogens is 1. The summed E-state index contributed by atoms with van der Waals surface area (Å²) in [6.07, 6.45) is 5.95. The molecule has 1 aliphatic carbocycles. The van der Waals surface area contributed by atoms with E-state index in [2.05, 4.69) is 0 Å². The lowest BCUT2D eigenvalue weighted by atomic mass is 9.98. The molecule has 18 heavy (non-hydrogen) atoms. The predicted molar refractivity (Wildman–Crippen MR) is 71.9 cm³/mol. The van der Waals surface area contributed by atoms with Crippen LogP contribution < -0.4 is 0 Å². The van der Waals surface area contributed by atoms with E-state index in [0.717, 1.165) is 18.4 Å². The van der Waals surface area contributed by atoms with Gasteiger partial charge >= 0.3 is 5.97 Å². The summed E-state index contributed by atoms with van der Waals surface area (Å²) in [6, 6.07) is 6.84. The third-order valence-corrected chi connectivity index (χ3v) is 3.05. The van der Waals surface area contributed by atoms with Crippen LogP contribution in [0.4, 0.5) is 0 Å². The van der Waals surface area contributed by atoms with Crippen LogP contribution in [-0.2, 0) is 11.2 Å². The molecule has 2 N–H and O–H groups in total. The third kappa shape index (κ3) is 6.62. The van der Waals surface area contributed by atoms with Crippen molar-refractivity contribution in [2.24, 2.45) is 0 Å². The molecular formula is C14H19ClO3. The second kappa shape index (κ2) is 8.11. The summed E-state index contributed by atoms with van der Waals surface area (Å²) in [7, 11) is 0. The van der Waals surface area contributed by atoms with E-state index in [0.29, 0.717) is 5.02 Å². The Morgan fingerprint density at radius 2 is 1.94 bits per heavy atom. The smallest absolute Gasteiger partial charge is 0.307 e. The van der Waals surface area contributed by atoms with Gasteiger partial charge in [-0.05, 0) is 30.5 Å². The topological polar surface area (TPSA) is 57.5 Å². The number of carboxylic acid groups (broad SMARTS) is 1. The molecule has 0 amide bonds. The van der Waals surface area contributed by atoms with Crippen molar-refractivity contribution in [3.63, 3.8) is 0 Å². The Kier molecular flexibility index (Phi) is 6.76. The average Bonchev–Trinajstić information content (AvgIpc) is 2.30. The maximum atomic E-state index is 10.2. The normalized spacial score (nSPS) is 15.7. The first-order valence-electron chi connectivity index (χ1n) is 6.22. The van der Waals surface area contributed by atoms with Gasteiger partial charge in [0.2, 0.25) is 0 Å². The summed E-state index contributed by atoms with van der Waals surface area (Å²) in [5, 5.41) is 17.9. The summed E-state index contributed by atoms with van der Waals surface area (Å²) in [4.78, 5) is 10.2. The van der Waals surface area contributed by atoms with Gasteiger partial charge in [-0.15, -0.1) is 0 Å². The largest absolute Gasteiger partial charge is 0.481 e. The molecule has 4 heteroatoms. The van der Waals surface area contributed by atoms with Gasteiger partial charge in [-0.3, -0.25) is 4.79 Å². The Balaban J connectivity index is 0.000000199. The second-order valence-corrected chi connectivity index (χ2v) is 4.93. The monoisotopic (exact) mass is 270 g/mol. The zero-order valence-corrected chi connectivity index (χ0v) is 11.1. The first kappa shape index (κ1) is 15.0. The fraction of sp³-hybridized carbons (Fsp3) is 0.500. The molecule has 0 aliphatic heterocycles. The molecule has 100 valence electrons. The van der Waals surface area contributed by atoms with Crippen molar-refractivity contribution < 1.29 is 15.0 Å². The number of rotatable bonds is 2. The van der Waals surface area contributed by atoms with E-state index in [9.17, 15) is 4.79 Å². The summed E-state index contributed by atoms with van der Waals surface area (Å²) >= 11 is 5.64. The highest BCUT2D eigenvalue weighted by molar-refractivity contribution is 6.30. The Morgan fingerprint density at radius 3 is 2.39 bits per heavy atom. The minimum absolute atomic E-state index is 0.0283. The number of carbonyl (C=O) groups is 1. The molecule has 0 spiro atoms. The molecule has 1 fully saturated rings. The Morgan fingerprint density at radius 1 is 1.28 bits per heavy atom. The van der Waals surface area contributed by atoms with Gasteiger partial charge in [0.15, 0.2) is 0 Å². The molecule has 0 heterocycles. The molecule has 1 aliphatic rings. The molecule has 0 bridgehead atoms. The van der Waals surface area contributed by atoms with Crippen molar-refractivity contribution in [2.75, 3.05) is 0 Å². The number of aliphatic carboxylic acids is 1. The van der Waals surface area contributed by atoms with E-state index in [1.165, 1.54) is 19.3 Å². The maximum absolute atomic E-state index is 10.2. The molecule has 2 rings (SSSR count). The molecule has 1 aromatic carbocycles. The van der Waals surface area contributed by atoms with E-state index >= 15 is 0 Å². The quantitative estimate of drug-likeness (QED) is 0.867. The van der Waals surface area contributed by atoms with Gasteiger partial charge < -0.3 is 10.2 Å². The van der Waals surface area contributed by atoms with Crippen LogP contribution in [0.3, 0.4) is 0 Å². The highest BCUT2D eigenvalue weighted by Crippen LogP contribution is 2.16. The van der Waals surface area contributed by atoms with Gasteiger partial charge in [0, 0.05) is 5.02 Å². The molecule has 0 saturated heterocycles. The van der Waals surface area contributed by atoms with Gasteiger partial charge in [-0.2, -0.15) is 0 Å². The van der Waals surface area contributed by atoms with Crippen LogP contribution in [0.5, 0.6) is 0 Å². The van der Waals surface area contributed by atoms with E-state index in [-0.39, 0.29) is 12.5 Å². The summed E-state index contributed by atoms with van der Waals surface area (Å²) in [6.45, 7) is 0. The second-order valence-electron chi connectivity index (χ2n) is 4.49. The van der Waals surface area contributed by atoms with Crippen molar-refractivity contribution in [2.45, 2.75) is 44.6 Å². The van der Waals surface area contributed by atoms with E-state index < -0.39 is 5.97 Å². The number of carboxylic acids is 1. The first-order chi connectivity index (χ1) is 8.58. The van der Waals surface area contributed by atoms with Gasteiger partial charge in [0.1, 0.15) is 0 Å². The van der Waals surface area contributed by atoms with Crippen molar-refractivity contribution >= 4 is 17.6 Å². The van der Waals surface area contributed by atoms with Crippen LogP contribution in [0.2, 0.25) is 5.02 Å². The van der Waals surface area contributed by atoms with E-state index in [1.807, 2.05) is 0 Å². The molecule has 0 atom stereocenters. The number of aliphatic hydroxyl groups is 1. The van der Waals surface area contributed by atoms with Crippen molar-refractivity contribution in [3.05, 3.63) is 34.9 Å². The number of hydrogen-bond donors (Lipinski definition) is 2. The maximum Gasteiger partial charge on any atom is 0.307 e. The van der Waals surface area contributed by atoms with Crippen LogP contribution in [-0.4, -0.2) is 22.3 Å². The Hall–Kier alpha value is -1.06. The minimum atomic E-state index is -0.840. The van der Waals surface area contributed by atoms with Gasteiger partial charge in [0.05, 0.1) is 12.5 Å². The fourth-order valence-corrected chi connectivity index (χ4v) is 2.12. The van der Waals surface area contributed by atoms with Crippen LogP contribution in [0.15, 0.2) is 24.3 Å². The zero-order valence-electron chi connectivity index (χ0n) is 10.3. The highest BCUT2D eigenvalue weighted by Gasteiger charge is 2.07. The number of hydrogen-bond acceptors (Lipinski definition) is 2. The molecule has 0 radical (unpaired) electrons.